The van der Waals surface area contributed by atoms with Crippen molar-refractivity contribution in [3.63, 3.8) is 0 Å². The van der Waals surface area contributed by atoms with Crippen LogP contribution in [0.15, 0.2) is 41.0 Å². The van der Waals surface area contributed by atoms with Crippen molar-refractivity contribution in [1.29, 1.82) is 0 Å². The minimum absolute atomic E-state index is 0.215. The van der Waals surface area contributed by atoms with Crippen molar-refractivity contribution in [3.8, 4) is 0 Å². The number of aryl methyl sites for hydroxylation is 2. The third-order valence-corrected chi connectivity index (χ3v) is 3.85. The third kappa shape index (κ3) is 2.12. The van der Waals surface area contributed by atoms with Crippen molar-refractivity contribution >= 4 is 10.9 Å². The standard InChI is InChI=1S/C16H19N3O/c1-11-12(8-9-20-11)14(17-2)10-15-13-6-4-5-7-16(13)19(3)18-15/h4-9,14,17H,10H2,1-3H3. The SMILES string of the molecule is CNC(Cc1nn(C)c2ccccc12)c1ccoc1C. The Kier molecular flexibility index (Phi) is 3.32. The van der Waals surface area contributed by atoms with Gasteiger partial charge in [-0.25, -0.2) is 0 Å². The maximum absolute atomic E-state index is 5.41. The number of aromatic nitrogens is 2. The molecule has 104 valence electrons. The van der Waals surface area contributed by atoms with Gasteiger partial charge < -0.3 is 9.73 Å². The molecule has 2 heterocycles. The zero-order valence-electron chi connectivity index (χ0n) is 12.1. The summed E-state index contributed by atoms with van der Waals surface area (Å²) in [5, 5.41) is 9.24. The van der Waals surface area contributed by atoms with Crippen molar-refractivity contribution in [3.05, 3.63) is 53.6 Å². The van der Waals surface area contributed by atoms with Gasteiger partial charge in [-0.1, -0.05) is 18.2 Å². The molecule has 0 radical (unpaired) electrons. The Hall–Kier alpha value is -2.07. The lowest BCUT2D eigenvalue weighted by atomic mass is 10.0. The van der Waals surface area contributed by atoms with Crippen LogP contribution in [0, 0.1) is 6.92 Å². The van der Waals surface area contributed by atoms with Crippen LogP contribution in [0.25, 0.3) is 10.9 Å². The molecule has 4 nitrogen and oxygen atoms in total. The predicted octanol–water partition coefficient (Wildman–Crippen LogP) is 2.98. The predicted molar refractivity (Wildman–Crippen MR) is 79.7 cm³/mol. The lowest BCUT2D eigenvalue weighted by Gasteiger charge is -2.14. The smallest absolute Gasteiger partial charge is 0.105 e. The Balaban J connectivity index is 1.98. The lowest BCUT2D eigenvalue weighted by Crippen LogP contribution is -2.19. The number of rotatable bonds is 4. The molecule has 0 spiro atoms. The van der Waals surface area contributed by atoms with Gasteiger partial charge in [0.05, 0.1) is 17.5 Å². The van der Waals surface area contributed by atoms with Gasteiger partial charge in [0.1, 0.15) is 5.76 Å². The zero-order chi connectivity index (χ0) is 14.1. The summed E-state index contributed by atoms with van der Waals surface area (Å²) in [4.78, 5) is 0. The Labute approximate surface area is 118 Å². The van der Waals surface area contributed by atoms with Crippen molar-refractivity contribution in [2.75, 3.05) is 7.05 Å². The van der Waals surface area contributed by atoms with Gasteiger partial charge in [-0.05, 0) is 26.1 Å². The van der Waals surface area contributed by atoms with E-state index in [1.54, 1.807) is 6.26 Å². The molecule has 1 N–H and O–H groups in total. The van der Waals surface area contributed by atoms with Crippen LogP contribution in [0.3, 0.4) is 0 Å². The highest BCUT2D eigenvalue weighted by Crippen LogP contribution is 2.25. The van der Waals surface area contributed by atoms with Crippen LogP contribution in [0.1, 0.15) is 23.1 Å². The van der Waals surface area contributed by atoms with Crippen LogP contribution in [0.4, 0.5) is 0 Å². The molecule has 0 saturated carbocycles. The van der Waals surface area contributed by atoms with Gasteiger partial charge in [-0.3, -0.25) is 4.68 Å². The number of likely N-dealkylation sites (N-methyl/N-ethyl adjacent to an activating group) is 1. The summed E-state index contributed by atoms with van der Waals surface area (Å²) in [7, 11) is 3.96. The quantitative estimate of drug-likeness (QED) is 0.792. The average Bonchev–Trinajstić information content (AvgIpc) is 3.01. The van der Waals surface area contributed by atoms with Gasteiger partial charge in [0.2, 0.25) is 0 Å². The average molecular weight is 269 g/mol. The van der Waals surface area contributed by atoms with Crippen LogP contribution < -0.4 is 5.32 Å². The molecule has 2 aromatic heterocycles. The molecule has 0 aliphatic heterocycles. The van der Waals surface area contributed by atoms with Gasteiger partial charge in [0, 0.05) is 30.5 Å². The Morgan fingerprint density at radius 2 is 2.10 bits per heavy atom. The monoisotopic (exact) mass is 269 g/mol. The van der Waals surface area contributed by atoms with Crippen LogP contribution >= 0.6 is 0 Å². The molecule has 0 bridgehead atoms. The second-order valence-electron chi connectivity index (χ2n) is 5.06. The third-order valence-electron chi connectivity index (χ3n) is 3.85. The van der Waals surface area contributed by atoms with Crippen LogP contribution in [0.5, 0.6) is 0 Å². The molecule has 1 atom stereocenters. The molecule has 1 unspecified atom stereocenters. The molecular weight excluding hydrogens is 250 g/mol. The van der Waals surface area contributed by atoms with Crippen molar-refractivity contribution < 1.29 is 4.42 Å². The largest absolute Gasteiger partial charge is 0.469 e. The van der Waals surface area contributed by atoms with E-state index in [1.807, 2.05) is 37.8 Å². The van der Waals surface area contributed by atoms with Gasteiger partial charge >= 0.3 is 0 Å². The van der Waals surface area contributed by atoms with E-state index in [-0.39, 0.29) is 6.04 Å². The summed E-state index contributed by atoms with van der Waals surface area (Å²) in [6.07, 6.45) is 2.59. The van der Waals surface area contributed by atoms with Crippen LogP contribution in [0.2, 0.25) is 0 Å². The highest BCUT2D eigenvalue weighted by atomic mass is 16.3. The van der Waals surface area contributed by atoms with Gasteiger partial charge in [-0.15, -0.1) is 0 Å². The van der Waals surface area contributed by atoms with Gasteiger partial charge in [0.15, 0.2) is 0 Å². The summed E-state index contributed by atoms with van der Waals surface area (Å²) >= 11 is 0. The normalized spacial score (nSPS) is 12.9. The summed E-state index contributed by atoms with van der Waals surface area (Å²) < 4.78 is 7.36. The fourth-order valence-corrected chi connectivity index (χ4v) is 2.76. The fraction of sp³-hybridized carbons (Fsp3) is 0.312. The lowest BCUT2D eigenvalue weighted by molar-refractivity contribution is 0.510. The fourth-order valence-electron chi connectivity index (χ4n) is 2.76. The number of nitrogens with one attached hydrogen (secondary N) is 1. The van der Waals surface area contributed by atoms with E-state index in [4.69, 9.17) is 4.42 Å². The first kappa shape index (κ1) is 12.9. The highest BCUT2D eigenvalue weighted by molar-refractivity contribution is 5.81. The molecule has 3 aromatic rings. The van der Waals surface area contributed by atoms with Crippen molar-refractivity contribution in [2.45, 2.75) is 19.4 Å². The van der Waals surface area contributed by atoms with E-state index < -0.39 is 0 Å². The van der Waals surface area contributed by atoms with Gasteiger partial charge in [-0.2, -0.15) is 5.10 Å². The van der Waals surface area contributed by atoms with E-state index >= 15 is 0 Å². The zero-order valence-corrected chi connectivity index (χ0v) is 12.1. The van der Waals surface area contributed by atoms with Crippen molar-refractivity contribution in [2.24, 2.45) is 7.05 Å². The maximum atomic E-state index is 5.41. The molecule has 0 aliphatic carbocycles. The summed E-state index contributed by atoms with van der Waals surface area (Å²) in [6.45, 7) is 2.00. The maximum Gasteiger partial charge on any atom is 0.105 e. The Bertz CT molecular complexity index is 726. The van der Waals surface area contributed by atoms with E-state index in [1.165, 1.54) is 16.5 Å². The molecular formula is C16H19N3O. The number of nitrogens with zero attached hydrogens (tertiary/aromatic N) is 2. The molecule has 0 amide bonds. The number of hydrogen-bond donors (Lipinski definition) is 1. The molecule has 1 aromatic carbocycles. The van der Waals surface area contributed by atoms with Gasteiger partial charge in [0.25, 0.3) is 0 Å². The van der Waals surface area contributed by atoms with Crippen LogP contribution in [-0.2, 0) is 13.5 Å². The Morgan fingerprint density at radius 3 is 2.80 bits per heavy atom. The first-order valence-corrected chi connectivity index (χ1v) is 6.82. The number of benzene rings is 1. The summed E-state index contributed by atoms with van der Waals surface area (Å²) in [5.74, 6) is 0.963. The molecule has 0 fully saturated rings. The van der Waals surface area contributed by atoms with E-state index in [2.05, 4.69) is 28.6 Å². The molecule has 0 aliphatic rings. The second-order valence-corrected chi connectivity index (χ2v) is 5.06. The summed E-state index contributed by atoms with van der Waals surface area (Å²) in [5.41, 5.74) is 3.48. The van der Waals surface area contributed by atoms with Crippen molar-refractivity contribution in [1.82, 2.24) is 15.1 Å². The van der Waals surface area contributed by atoms with E-state index in [0.717, 1.165) is 17.9 Å². The number of hydrogen-bond acceptors (Lipinski definition) is 3. The molecule has 0 saturated heterocycles. The molecule has 20 heavy (non-hydrogen) atoms. The number of para-hydroxylation sites is 1. The highest BCUT2D eigenvalue weighted by Gasteiger charge is 2.18. The van der Waals surface area contributed by atoms with E-state index in [9.17, 15) is 0 Å². The number of fused-ring (bicyclic) bond motifs is 1. The molecule has 4 heteroatoms. The second kappa shape index (κ2) is 5.13. The summed E-state index contributed by atoms with van der Waals surface area (Å²) in [6, 6.07) is 10.6. The minimum atomic E-state index is 0.215. The minimum Gasteiger partial charge on any atom is -0.469 e. The Morgan fingerprint density at radius 1 is 1.30 bits per heavy atom. The molecule has 3 rings (SSSR count). The first-order chi connectivity index (χ1) is 9.70. The van der Waals surface area contributed by atoms with E-state index in [0.29, 0.717) is 0 Å². The topological polar surface area (TPSA) is 43.0 Å². The van der Waals surface area contributed by atoms with Crippen LogP contribution in [-0.4, -0.2) is 16.8 Å². The first-order valence-electron chi connectivity index (χ1n) is 6.82. The number of furan rings is 1.